The summed E-state index contributed by atoms with van der Waals surface area (Å²) in [5, 5.41) is 5.30. The second kappa shape index (κ2) is 4.18. The van der Waals surface area contributed by atoms with Crippen molar-refractivity contribution in [2.75, 3.05) is 14.2 Å². The van der Waals surface area contributed by atoms with Gasteiger partial charge in [0, 0.05) is 30.6 Å². The van der Waals surface area contributed by atoms with E-state index in [1.54, 1.807) is 7.11 Å². The van der Waals surface area contributed by atoms with Crippen LogP contribution < -0.4 is 10.1 Å². The first-order chi connectivity index (χ1) is 8.65. The number of hydrogen-bond donors (Lipinski definition) is 1. The predicted molar refractivity (Wildman–Crippen MR) is 74.7 cm³/mol. The largest absolute Gasteiger partial charge is 0.495 e. The fraction of sp³-hybridized carbons (Fsp3) is 0.429. The molecule has 0 radical (unpaired) electrons. The summed E-state index contributed by atoms with van der Waals surface area (Å²) in [6.07, 6.45) is 2.16. The van der Waals surface area contributed by atoms with E-state index in [9.17, 15) is 0 Å². The van der Waals surface area contributed by atoms with Crippen LogP contribution in [0.25, 0.3) is 10.9 Å². The summed E-state index contributed by atoms with van der Waals surface area (Å²) >= 11 is 6.20. The van der Waals surface area contributed by atoms with Gasteiger partial charge in [-0.25, -0.2) is 0 Å². The summed E-state index contributed by atoms with van der Waals surface area (Å²) in [4.78, 5) is 0. The van der Waals surface area contributed by atoms with Gasteiger partial charge in [0.05, 0.1) is 17.6 Å². The van der Waals surface area contributed by atoms with Gasteiger partial charge in [0.15, 0.2) is 0 Å². The Kier molecular flexibility index (Phi) is 2.76. The molecule has 96 valence electrons. The third-order valence-electron chi connectivity index (χ3n) is 4.01. The molecule has 2 aromatic rings. The van der Waals surface area contributed by atoms with Crippen LogP contribution in [0.5, 0.6) is 5.75 Å². The molecule has 1 aromatic carbocycles. The Morgan fingerprint density at radius 2 is 2.17 bits per heavy atom. The van der Waals surface area contributed by atoms with Crippen LogP contribution in [0.15, 0.2) is 12.1 Å². The van der Waals surface area contributed by atoms with Crippen LogP contribution in [-0.4, -0.2) is 24.8 Å². The van der Waals surface area contributed by atoms with E-state index in [0.717, 1.165) is 18.6 Å². The minimum absolute atomic E-state index is 0.548. The first-order valence-electron chi connectivity index (χ1n) is 6.16. The molecule has 0 fully saturated rings. The lowest BCUT2D eigenvalue weighted by molar-refractivity contribution is 0.415. The molecule has 0 amide bonds. The first kappa shape index (κ1) is 11.9. The maximum atomic E-state index is 6.20. The molecule has 0 saturated heterocycles. The Morgan fingerprint density at radius 1 is 1.39 bits per heavy atom. The van der Waals surface area contributed by atoms with Gasteiger partial charge in [0.2, 0.25) is 0 Å². The van der Waals surface area contributed by atoms with E-state index in [0.29, 0.717) is 11.1 Å². The fourth-order valence-electron chi connectivity index (χ4n) is 2.97. The number of nitrogens with zero attached hydrogens (tertiary/aromatic N) is 1. The Hall–Kier alpha value is -1.19. The third kappa shape index (κ3) is 1.54. The molecule has 0 bridgehead atoms. The molecule has 3 nitrogen and oxygen atoms in total. The van der Waals surface area contributed by atoms with Crippen molar-refractivity contribution in [2.24, 2.45) is 7.05 Å². The fourth-order valence-corrected chi connectivity index (χ4v) is 3.20. The molecule has 1 aromatic heterocycles. The Morgan fingerprint density at radius 3 is 2.83 bits per heavy atom. The molecule has 3 rings (SSSR count). The average Bonchev–Trinajstić information content (AvgIpc) is 2.89. The van der Waals surface area contributed by atoms with Crippen LogP contribution in [0.4, 0.5) is 0 Å². The van der Waals surface area contributed by atoms with Crippen molar-refractivity contribution in [2.45, 2.75) is 18.9 Å². The number of benzene rings is 1. The van der Waals surface area contributed by atoms with Crippen molar-refractivity contribution in [3.8, 4) is 5.75 Å². The average molecular weight is 265 g/mol. The molecule has 1 atom stereocenters. The van der Waals surface area contributed by atoms with E-state index in [-0.39, 0.29) is 0 Å². The molecular formula is C14H17ClN2O. The Balaban J connectivity index is 2.24. The monoisotopic (exact) mass is 264 g/mol. The second-order valence-corrected chi connectivity index (χ2v) is 5.29. The predicted octanol–water partition coefficient (Wildman–Crippen LogP) is 2.53. The lowest BCUT2D eigenvalue weighted by atomic mass is 10.1. The van der Waals surface area contributed by atoms with Crippen LogP contribution in [0.2, 0.25) is 5.02 Å². The SMILES string of the molecule is CNC1Cc2c(n(C)c3cc(Cl)c(OC)cc23)C1. The number of aromatic nitrogens is 1. The maximum absolute atomic E-state index is 6.20. The van der Waals surface area contributed by atoms with Crippen molar-refractivity contribution < 1.29 is 4.74 Å². The van der Waals surface area contributed by atoms with Gasteiger partial charge in [-0.15, -0.1) is 0 Å². The molecule has 4 heteroatoms. The number of methoxy groups -OCH3 is 1. The molecule has 0 aliphatic heterocycles. The van der Waals surface area contributed by atoms with Gasteiger partial charge in [-0.3, -0.25) is 0 Å². The van der Waals surface area contributed by atoms with E-state index in [4.69, 9.17) is 16.3 Å². The number of fused-ring (bicyclic) bond motifs is 3. The summed E-state index contributed by atoms with van der Waals surface area (Å²) in [6, 6.07) is 4.61. The topological polar surface area (TPSA) is 26.2 Å². The second-order valence-electron chi connectivity index (χ2n) is 4.88. The first-order valence-corrected chi connectivity index (χ1v) is 6.54. The lowest BCUT2D eigenvalue weighted by Gasteiger charge is -2.10. The number of halogens is 1. The standard InChI is InChI=1S/C14H17ClN2O/c1-16-8-4-9-10-6-14(18-3)11(15)7-13(10)17(2)12(9)5-8/h6-8,16H,4-5H2,1-3H3. The number of aryl methyl sites for hydroxylation is 1. The van der Waals surface area contributed by atoms with Gasteiger partial charge in [0.25, 0.3) is 0 Å². The van der Waals surface area contributed by atoms with Gasteiger partial charge in [-0.05, 0) is 31.2 Å². The highest BCUT2D eigenvalue weighted by Gasteiger charge is 2.26. The molecule has 1 N–H and O–H groups in total. The van der Waals surface area contributed by atoms with Crippen LogP contribution in [-0.2, 0) is 19.9 Å². The number of ether oxygens (including phenoxy) is 1. The zero-order valence-corrected chi connectivity index (χ0v) is 11.6. The summed E-state index contributed by atoms with van der Waals surface area (Å²) in [5.41, 5.74) is 4.04. The minimum atomic E-state index is 0.548. The molecule has 1 aliphatic carbocycles. The molecule has 1 unspecified atom stereocenters. The molecule has 1 aliphatic rings. The van der Waals surface area contributed by atoms with Crippen molar-refractivity contribution in [3.05, 3.63) is 28.4 Å². The van der Waals surface area contributed by atoms with Gasteiger partial charge in [-0.1, -0.05) is 11.6 Å². The van der Waals surface area contributed by atoms with Crippen LogP contribution in [0.3, 0.4) is 0 Å². The van der Waals surface area contributed by atoms with Crippen LogP contribution >= 0.6 is 11.6 Å². The summed E-state index contributed by atoms with van der Waals surface area (Å²) in [6.45, 7) is 0. The number of hydrogen-bond acceptors (Lipinski definition) is 2. The molecule has 18 heavy (non-hydrogen) atoms. The smallest absolute Gasteiger partial charge is 0.138 e. The van der Waals surface area contributed by atoms with Crippen molar-refractivity contribution in [1.82, 2.24) is 9.88 Å². The van der Waals surface area contributed by atoms with Crippen LogP contribution in [0.1, 0.15) is 11.3 Å². The van der Waals surface area contributed by atoms with E-state index in [2.05, 4.69) is 23.0 Å². The minimum Gasteiger partial charge on any atom is -0.495 e. The number of likely N-dealkylation sites (N-methyl/N-ethyl adjacent to an activating group) is 1. The quantitative estimate of drug-likeness (QED) is 0.902. The van der Waals surface area contributed by atoms with E-state index >= 15 is 0 Å². The highest BCUT2D eigenvalue weighted by molar-refractivity contribution is 6.32. The summed E-state index contributed by atoms with van der Waals surface area (Å²) in [5.74, 6) is 0.755. The number of nitrogens with one attached hydrogen (secondary N) is 1. The molecule has 0 saturated carbocycles. The van der Waals surface area contributed by atoms with Gasteiger partial charge >= 0.3 is 0 Å². The van der Waals surface area contributed by atoms with Gasteiger partial charge in [-0.2, -0.15) is 0 Å². The van der Waals surface area contributed by atoms with Gasteiger partial charge < -0.3 is 14.6 Å². The van der Waals surface area contributed by atoms with E-state index in [1.165, 1.54) is 22.2 Å². The highest BCUT2D eigenvalue weighted by Crippen LogP contribution is 2.37. The highest BCUT2D eigenvalue weighted by atomic mass is 35.5. The maximum Gasteiger partial charge on any atom is 0.138 e. The number of rotatable bonds is 2. The third-order valence-corrected chi connectivity index (χ3v) is 4.30. The lowest BCUT2D eigenvalue weighted by Crippen LogP contribution is -2.25. The van der Waals surface area contributed by atoms with Crippen molar-refractivity contribution in [1.29, 1.82) is 0 Å². The van der Waals surface area contributed by atoms with E-state index in [1.807, 2.05) is 13.1 Å². The summed E-state index contributed by atoms with van der Waals surface area (Å²) < 4.78 is 7.58. The van der Waals surface area contributed by atoms with E-state index < -0.39 is 0 Å². The Labute approximate surface area is 112 Å². The Bertz CT molecular complexity index is 618. The zero-order chi connectivity index (χ0) is 12.9. The van der Waals surface area contributed by atoms with Gasteiger partial charge in [0.1, 0.15) is 5.75 Å². The molecule has 0 spiro atoms. The van der Waals surface area contributed by atoms with Crippen molar-refractivity contribution in [3.63, 3.8) is 0 Å². The molecule has 1 heterocycles. The summed E-state index contributed by atoms with van der Waals surface area (Å²) in [7, 11) is 5.80. The van der Waals surface area contributed by atoms with Crippen LogP contribution in [0, 0.1) is 0 Å². The zero-order valence-electron chi connectivity index (χ0n) is 10.9. The van der Waals surface area contributed by atoms with Crippen molar-refractivity contribution >= 4 is 22.5 Å². The molecular weight excluding hydrogens is 248 g/mol. The normalized spacial score (nSPS) is 18.3.